The van der Waals surface area contributed by atoms with Crippen LogP contribution in [0.4, 0.5) is 24.7 Å². The number of thiocarbonyl (C=S) groups is 1. The topological polar surface area (TPSA) is 89.8 Å². The minimum atomic E-state index is -4.75. The van der Waals surface area contributed by atoms with Crippen molar-refractivity contribution in [3.63, 3.8) is 0 Å². The van der Waals surface area contributed by atoms with Gasteiger partial charge in [-0.05, 0) is 79.7 Å². The first kappa shape index (κ1) is 25.1. The third-order valence-corrected chi connectivity index (χ3v) is 5.79. The smallest absolute Gasteiger partial charge is 0.406 e. The quantitative estimate of drug-likeness (QED) is 0.257. The zero-order valence-electron chi connectivity index (χ0n) is 20.1. The lowest BCUT2D eigenvalue weighted by Crippen LogP contribution is -2.21. The van der Waals surface area contributed by atoms with Crippen LogP contribution in [0.2, 0.25) is 0 Å². The Morgan fingerprint density at radius 1 is 0.921 bits per heavy atom. The molecule has 5 rings (SSSR count). The summed E-state index contributed by atoms with van der Waals surface area (Å²) in [6.45, 7) is 4.01. The Kier molecular flexibility index (Phi) is 6.64. The Balaban J connectivity index is 1.30. The Bertz CT molecular complexity index is 1610. The number of aromatic nitrogens is 5. The van der Waals surface area contributed by atoms with E-state index in [2.05, 4.69) is 35.4 Å². The number of nitrogens with zero attached hydrogens (tertiary/aromatic N) is 5. The summed E-state index contributed by atoms with van der Waals surface area (Å²) in [4.78, 5) is 13.4. The number of benzene rings is 3. The maximum absolute atomic E-state index is 12.4. The van der Waals surface area contributed by atoms with Crippen molar-refractivity contribution < 1.29 is 17.9 Å². The first-order valence-corrected chi connectivity index (χ1v) is 11.7. The number of rotatable bonds is 5. The summed E-state index contributed by atoms with van der Waals surface area (Å²) in [6.07, 6.45) is -1.69. The van der Waals surface area contributed by atoms with E-state index in [9.17, 15) is 13.2 Å². The van der Waals surface area contributed by atoms with Crippen LogP contribution in [-0.4, -0.2) is 36.2 Å². The van der Waals surface area contributed by atoms with E-state index in [0.29, 0.717) is 39.0 Å². The molecule has 0 bridgehead atoms. The van der Waals surface area contributed by atoms with E-state index in [-0.39, 0.29) is 5.75 Å². The Hall–Kier alpha value is -4.58. The number of para-hydroxylation sites is 1. The molecule has 0 fully saturated rings. The van der Waals surface area contributed by atoms with Gasteiger partial charge in [0.15, 0.2) is 16.8 Å². The number of fused-ring (bicyclic) bond motifs is 1. The van der Waals surface area contributed by atoms with Gasteiger partial charge >= 0.3 is 6.36 Å². The average Bonchev–Trinajstić information content (AvgIpc) is 3.36. The van der Waals surface area contributed by atoms with Crippen LogP contribution >= 0.6 is 12.2 Å². The second-order valence-electron chi connectivity index (χ2n) is 8.36. The summed E-state index contributed by atoms with van der Waals surface area (Å²) in [5.74, 6) is 0.602. The maximum atomic E-state index is 12.4. The van der Waals surface area contributed by atoms with Gasteiger partial charge in [0.25, 0.3) is 0 Å². The van der Waals surface area contributed by atoms with E-state index in [4.69, 9.17) is 12.2 Å². The lowest BCUT2D eigenvalue weighted by molar-refractivity contribution is -0.274. The predicted octanol–water partition coefficient (Wildman–Crippen LogP) is 6.20. The van der Waals surface area contributed by atoms with Gasteiger partial charge in [0.2, 0.25) is 0 Å². The molecule has 3 aromatic carbocycles. The molecule has 0 atom stereocenters. The van der Waals surface area contributed by atoms with E-state index in [1.165, 1.54) is 35.3 Å². The average molecular weight is 536 g/mol. The highest BCUT2D eigenvalue weighted by Crippen LogP contribution is 2.25. The molecule has 8 nitrogen and oxygen atoms in total. The number of aryl methyl sites for hydroxylation is 2. The van der Waals surface area contributed by atoms with E-state index in [0.717, 1.165) is 16.8 Å². The second kappa shape index (κ2) is 10.1. The van der Waals surface area contributed by atoms with Gasteiger partial charge in [0, 0.05) is 11.3 Å². The lowest BCUT2D eigenvalue weighted by Gasteiger charge is -2.14. The van der Waals surface area contributed by atoms with Crippen LogP contribution < -0.4 is 15.4 Å². The zero-order chi connectivity index (χ0) is 26.9. The highest BCUT2D eigenvalue weighted by molar-refractivity contribution is 7.80. The molecule has 0 radical (unpaired) electrons. The predicted molar refractivity (Wildman–Crippen MR) is 142 cm³/mol. The van der Waals surface area contributed by atoms with Crippen LogP contribution in [0.3, 0.4) is 0 Å². The van der Waals surface area contributed by atoms with E-state index >= 15 is 0 Å². The van der Waals surface area contributed by atoms with Crippen molar-refractivity contribution in [3.8, 4) is 22.8 Å². The fraction of sp³-hybridized carbons (Fsp3) is 0.115. The van der Waals surface area contributed by atoms with Crippen LogP contribution in [0.15, 0.2) is 73.2 Å². The molecule has 0 saturated heterocycles. The number of ether oxygens (including phenoxy) is 1. The van der Waals surface area contributed by atoms with E-state index in [1.54, 1.807) is 18.3 Å². The molecule has 38 heavy (non-hydrogen) atoms. The molecule has 192 valence electrons. The summed E-state index contributed by atoms with van der Waals surface area (Å²) < 4.78 is 42.5. The largest absolute Gasteiger partial charge is 0.573 e. The minimum Gasteiger partial charge on any atom is -0.406 e. The van der Waals surface area contributed by atoms with Crippen molar-refractivity contribution in [3.05, 3.63) is 84.3 Å². The first-order chi connectivity index (χ1) is 18.1. The second-order valence-corrected chi connectivity index (χ2v) is 8.77. The fourth-order valence-corrected chi connectivity index (χ4v) is 4.01. The van der Waals surface area contributed by atoms with Crippen molar-refractivity contribution in [1.82, 2.24) is 24.7 Å². The van der Waals surface area contributed by atoms with Gasteiger partial charge in [-0.1, -0.05) is 18.2 Å². The standard InChI is InChI=1S/C26H20F3N7OS/c1-15-4-3-5-16(2)23(15)34-25(38)33-22-13-30-21-12-17(6-11-20(21)32-22)24-31-14-36(35-24)18-7-9-19(10-8-18)37-26(27,28)29/h3-14H,1-2H3,(H2,32,33,34,38). The van der Waals surface area contributed by atoms with Gasteiger partial charge in [-0.2, -0.15) is 0 Å². The molecular formula is C26H20F3N7OS. The number of nitrogens with one attached hydrogen (secondary N) is 2. The molecule has 0 spiro atoms. The minimum absolute atomic E-state index is 0.314. The first-order valence-electron chi connectivity index (χ1n) is 11.3. The molecule has 0 aliphatic carbocycles. The van der Waals surface area contributed by atoms with Crippen LogP contribution in [0.1, 0.15) is 11.1 Å². The summed E-state index contributed by atoms with van der Waals surface area (Å²) in [7, 11) is 0. The molecule has 2 N–H and O–H groups in total. The molecule has 0 unspecified atom stereocenters. The molecule has 0 saturated carbocycles. The van der Waals surface area contributed by atoms with Gasteiger partial charge in [-0.15, -0.1) is 18.3 Å². The SMILES string of the molecule is Cc1cccc(C)c1NC(=S)Nc1cnc2cc(-c3ncn(-c4ccc(OC(F)(F)F)cc4)n3)ccc2n1. The third kappa shape index (κ3) is 5.70. The molecule has 2 heterocycles. The van der Waals surface area contributed by atoms with Gasteiger partial charge in [-0.3, -0.25) is 4.98 Å². The van der Waals surface area contributed by atoms with Crippen molar-refractivity contribution in [2.75, 3.05) is 10.6 Å². The number of hydrogen-bond donors (Lipinski definition) is 2. The number of halogens is 3. The van der Waals surface area contributed by atoms with Gasteiger partial charge < -0.3 is 15.4 Å². The Labute approximate surface area is 220 Å². The fourth-order valence-electron chi connectivity index (χ4n) is 3.80. The highest BCUT2D eigenvalue weighted by Gasteiger charge is 2.31. The van der Waals surface area contributed by atoms with Crippen LogP contribution in [-0.2, 0) is 0 Å². The summed E-state index contributed by atoms with van der Waals surface area (Å²) in [6, 6.07) is 16.8. The Morgan fingerprint density at radius 3 is 2.37 bits per heavy atom. The highest BCUT2D eigenvalue weighted by atomic mass is 32.1. The Morgan fingerprint density at radius 2 is 1.66 bits per heavy atom. The third-order valence-electron chi connectivity index (χ3n) is 5.59. The molecule has 5 aromatic rings. The van der Waals surface area contributed by atoms with Gasteiger partial charge in [0.1, 0.15) is 12.1 Å². The zero-order valence-corrected chi connectivity index (χ0v) is 20.9. The van der Waals surface area contributed by atoms with Crippen molar-refractivity contribution in [1.29, 1.82) is 0 Å². The number of hydrogen-bond acceptors (Lipinski definition) is 6. The normalized spacial score (nSPS) is 11.4. The van der Waals surface area contributed by atoms with Crippen LogP contribution in [0.25, 0.3) is 28.1 Å². The van der Waals surface area contributed by atoms with Crippen LogP contribution in [0.5, 0.6) is 5.75 Å². The number of alkyl halides is 3. The van der Waals surface area contributed by atoms with E-state index in [1.807, 2.05) is 38.1 Å². The van der Waals surface area contributed by atoms with Crippen molar-refractivity contribution in [2.24, 2.45) is 0 Å². The summed E-state index contributed by atoms with van der Waals surface area (Å²) in [5, 5.41) is 11.1. The number of anilines is 2. The lowest BCUT2D eigenvalue weighted by atomic mass is 10.1. The molecule has 0 amide bonds. The van der Waals surface area contributed by atoms with Crippen LogP contribution in [0, 0.1) is 13.8 Å². The summed E-state index contributed by atoms with van der Waals surface area (Å²) >= 11 is 5.45. The van der Waals surface area contributed by atoms with Gasteiger partial charge in [0.05, 0.1) is 22.9 Å². The van der Waals surface area contributed by atoms with Crippen molar-refractivity contribution in [2.45, 2.75) is 20.2 Å². The summed E-state index contributed by atoms with van der Waals surface area (Å²) in [5.41, 5.74) is 5.61. The molecule has 2 aromatic heterocycles. The van der Waals surface area contributed by atoms with Crippen molar-refractivity contribution >= 4 is 39.9 Å². The monoisotopic (exact) mass is 535 g/mol. The van der Waals surface area contributed by atoms with E-state index < -0.39 is 6.36 Å². The molecular weight excluding hydrogens is 515 g/mol. The molecule has 0 aliphatic heterocycles. The maximum Gasteiger partial charge on any atom is 0.573 e. The molecule has 12 heteroatoms. The molecule has 0 aliphatic rings. The van der Waals surface area contributed by atoms with Gasteiger partial charge in [-0.25, -0.2) is 14.6 Å².